The van der Waals surface area contributed by atoms with Gasteiger partial charge in [-0.1, -0.05) is 58.5 Å². The Morgan fingerprint density at radius 2 is 1.05 bits per heavy atom. The molecule has 0 saturated carbocycles. The lowest BCUT2D eigenvalue weighted by Crippen LogP contribution is -1.84. The Balaban J connectivity index is 2.11. The second-order valence-electron chi connectivity index (χ2n) is 3.82. The Morgan fingerprint density at radius 1 is 0.650 bits per heavy atom. The lowest BCUT2D eigenvalue weighted by atomic mass is 10.2. The van der Waals surface area contributed by atoms with Crippen LogP contribution in [-0.2, 0) is 0 Å². The number of benzene rings is 2. The molecule has 6 heteroatoms. The molecule has 0 amide bonds. The summed E-state index contributed by atoms with van der Waals surface area (Å²) in [5.41, 5.74) is 1.46. The van der Waals surface area contributed by atoms with Crippen LogP contribution in [0.15, 0.2) is 46.6 Å². The first-order valence-electron chi connectivity index (χ1n) is 5.53. The van der Waals surface area contributed by atoms with Crippen LogP contribution >= 0.6 is 46.4 Å². The third-order valence-electron chi connectivity index (χ3n) is 2.39. The molecule has 20 heavy (non-hydrogen) atoms. The fourth-order valence-electron chi connectivity index (χ4n) is 1.40. The van der Waals surface area contributed by atoms with Crippen LogP contribution in [0.3, 0.4) is 0 Å². The van der Waals surface area contributed by atoms with E-state index in [-0.39, 0.29) is 0 Å². The first kappa shape index (κ1) is 15.3. The zero-order valence-corrected chi connectivity index (χ0v) is 13.0. The Kier molecular flexibility index (Phi) is 5.44. The van der Waals surface area contributed by atoms with E-state index in [1.807, 2.05) is 0 Å². The molecule has 0 atom stereocenters. The summed E-state index contributed by atoms with van der Waals surface area (Å²) in [6.07, 6.45) is 3.08. The minimum Gasteiger partial charge on any atom is -0.158 e. The predicted molar refractivity (Wildman–Crippen MR) is 88.1 cm³/mol. The Bertz CT molecular complexity index is 621. The molecule has 0 saturated heterocycles. The van der Waals surface area contributed by atoms with E-state index in [9.17, 15) is 0 Å². The third-order valence-corrected chi connectivity index (χ3v) is 3.51. The van der Waals surface area contributed by atoms with Gasteiger partial charge in [0.15, 0.2) is 0 Å². The van der Waals surface area contributed by atoms with Crippen LogP contribution in [0.25, 0.3) is 0 Å². The van der Waals surface area contributed by atoms with Crippen LogP contribution in [0, 0.1) is 0 Å². The fraction of sp³-hybridized carbons (Fsp3) is 0. The van der Waals surface area contributed by atoms with Crippen molar-refractivity contribution in [3.63, 3.8) is 0 Å². The average molecular weight is 346 g/mol. The van der Waals surface area contributed by atoms with Gasteiger partial charge in [-0.05, 0) is 24.3 Å². The molecule has 2 aromatic carbocycles. The second-order valence-corrected chi connectivity index (χ2v) is 5.51. The lowest BCUT2D eigenvalue weighted by molar-refractivity contribution is 1.26. The molecule has 0 N–H and O–H groups in total. The largest absolute Gasteiger partial charge is 0.158 e. The van der Waals surface area contributed by atoms with Gasteiger partial charge in [0.2, 0.25) is 0 Å². The van der Waals surface area contributed by atoms with Gasteiger partial charge in [-0.3, -0.25) is 0 Å². The molecular weight excluding hydrogens is 338 g/mol. The lowest BCUT2D eigenvalue weighted by Gasteiger charge is -1.97. The van der Waals surface area contributed by atoms with Crippen LogP contribution in [0.4, 0.5) is 0 Å². The van der Waals surface area contributed by atoms with Crippen molar-refractivity contribution in [3.8, 4) is 0 Å². The van der Waals surface area contributed by atoms with Crippen LogP contribution in [0.5, 0.6) is 0 Å². The summed E-state index contributed by atoms with van der Waals surface area (Å²) in [5, 5.41) is 10.0. The highest BCUT2D eigenvalue weighted by Gasteiger charge is 1.98. The summed E-state index contributed by atoms with van der Waals surface area (Å²) >= 11 is 23.6. The van der Waals surface area contributed by atoms with Crippen molar-refractivity contribution in [1.82, 2.24) is 0 Å². The SMILES string of the molecule is Clc1ccc(C=NN=Cc2ccc(Cl)cc2Cl)c(Cl)c1. The van der Waals surface area contributed by atoms with Gasteiger partial charge < -0.3 is 0 Å². The summed E-state index contributed by atoms with van der Waals surface area (Å²) < 4.78 is 0. The Morgan fingerprint density at radius 3 is 1.40 bits per heavy atom. The molecule has 0 spiro atoms. The zero-order chi connectivity index (χ0) is 14.5. The van der Waals surface area contributed by atoms with Gasteiger partial charge in [-0.15, -0.1) is 0 Å². The molecule has 0 aromatic heterocycles. The Hall–Kier alpha value is -1.06. The quantitative estimate of drug-likeness (QED) is 0.499. The van der Waals surface area contributed by atoms with Crippen molar-refractivity contribution in [1.29, 1.82) is 0 Å². The van der Waals surface area contributed by atoms with E-state index in [4.69, 9.17) is 46.4 Å². The molecule has 0 aliphatic carbocycles. The van der Waals surface area contributed by atoms with Crippen LogP contribution in [0.1, 0.15) is 11.1 Å². The van der Waals surface area contributed by atoms with Crippen molar-refractivity contribution in [2.24, 2.45) is 10.2 Å². The molecule has 0 aliphatic heterocycles. The fourth-order valence-corrected chi connectivity index (χ4v) is 2.32. The van der Waals surface area contributed by atoms with E-state index >= 15 is 0 Å². The Labute approximate surface area is 136 Å². The van der Waals surface area contributed by atoms with Crippen LogP contribution < -0.4 is 0 Å². The second kappa shape index (κ2) is 7.09. The topological polar surface area (TPSA) is 24.7 Å². The maximum Gasteiger partial charge on any atom is 0.0583 e. The minimum atomic E-state index is 0.515. The summed E-state index contributed by atoms with van der Waals surface area (Å²) in [6.45, 7) is 0. The van der Waals surface area contributed by atoms with Crippen LogP contribution in [-0.4, -0.2) is 12.4 Å². The zero-order valence-electron chi connectivity index (χ0n) is 10.0. The van der Waals surface area contributed by atoms with Crippen molar-refractivity contribution in [2.75, 3.05) is 0 Å². The first-order valence-corrected chi connectivity index (χ1v) is 7.04. The van der Waals surface area contributed by atoms with E-state index in [0.29, 0.717) is 20.1 Å². The maximum atomic E-state index is 6.00. The van der Waals surface area contributed by atoms with Gasteiger partial charge in [0.05, 0.1) is 22.5 Å². The number of nitrogens with zero attached hydrogens (tertiary/aromatic N) is 2. The highest BCUT2D eigenvalue weighted by molar-refractivity contribution is 6.36. The number of halogens is 4. The van der Waals surface area contributed by atoms with Gasteiger partial charge in [-0.2, -0.15) is 10.2 Å². The summed E-state index contributed by atoms with van der Waals surface area (Å²) in [6, 6.07) is 10.3. The molecule has 102 valence electrons. The van der Waals surface area contributed by atoms with Crippen LogP contribution in [0.2, 0.25) is 20.1 Å². The smallest absolute Gasteiger partial charge is 0.0583 e. The maximum absolute atomic E-state index is 6.00. The van der Waals surface area contributed by atoms with E-state index in [1.165, 1.54) is 0 Å². The highest BCUT2D eigenvalue weighted by atomic mass is 35.5. The van der Waals surface area contributed by atoms with Gasteiger partial charge >= 0.3 is 0 Å². The van der Waals surface area contributed by atoms with Gasteiger partial charge in [0.1, 0.15) is 0 Å². The van der Waals surface area contributed by atoms with Crippen molar-refractivity contribution in [2.45, 2.75) is 0 Å². The highest BCUT2D eigenvalue weighted by Crippen LogP contribution is 2.20. The number of hydrogen-bond donors (Lipinski definition) is 0. The molecular formula is C14H8Cl4N2. The van der Waals surface area contributed by atoms with Gasteiger partial charge in [0, 0.05) is 21.2 Å². The predicted octanol–water partition coefficient (Wildman–Crippen LogP) is 5.75. The number of hydrogen-bond acceptors (Lipinski definition) is 2. The number of rotatable bonds is 3. The van der Waals surface area contributed by atoms with E-state index in [2.05, 4.69) is 10.2 Å². The minimum absolute atomic E-state index is 0.515. The standard InChI is InChI=1S/C14H8Cl4N2/c15-11-3-1-9(13(17)5-11)7-19-20-8-10-2-4-12(16)6-14(10)18/h1-8H. The average Bonchev–Trinajstić information content (AvgIpc) is 2.39. The van der Waals surface area contributed by atoms with E-state index < -0.39 is 0 Å². The van der Waals surface area contributed by atoms with E-state index in [1.54, 1.807) is 48.8 Å². The molecule has 0 unspecified atom stereocenters. The first-order chi connectivity index (χ1) is 9.56. The van der Waals surface area contributed by atoms with Crippen molar-refractivity contribution < 1.29 is 0 Å². The third kappa shape index (κ3) is 4.22. The molecule has 2 rings (SSSR count). The van der Waals surface area contributed by atoms with Gasteiger partial charge in [-0.25, -0.2) is 0 Å². The molecule has 0 radical (unpaired) electrons. The molecule has 2 aromatic rings. The molecule has 0 aliphatic rings. The van der Waals surface area contributed by atoms with E-state index in [0.717, 1.165) is 11.1 Å². The normalized spacial score (nSPS) is 11.6. The molecule has 0 heterocycles. The molecule has 0 bridgehead atoms. The molecule has 2 nitrogen and oxygen atoms in total. The monoisotopic (exact) mass is 344 g/mol. The molecule has 0 fully saturated rings. The van der Waals surface area contributed by atoms with Gasteiger partial charge in [0.25, 0.3) is 0 Å². The summed E-state index contributed by atoms with van der Waals surface area (Å²) in [4.78, 5) is 0. The van der Waals surface area contributed by atoms with Crippen molar-refractivity contribution >= 4 is 58.8 Å². The van der Waals surface area contributed by atoms with Crippen molar-refractivity contribution in [3.05, 3.63) is 67.6 Å². The summed E-state index contributed by atoms with van der Waals surface area (Å²) in [7, 11) is 0. The summed E-state index contributed by atoms with van der Waals surface area (Å²) in [5.74, 6) is 0.